The van der Waals surface area contributed by atoms with Crippen LogP contribution in [0.5, 0.6) is 5.75 Å². The normalized spacial score (nSPS) is 18.7. The average Bonchev–Trinajstić information content (AvgIpc) is 2.79. The maximum atomic E-state index is 5.21. The summed E-state index contributed by atoms with van der Waals surface area (Å²) in [6, 6.07) is 17.6. The van der Waals surface area contributed by atoms with Crippen LogP contribution >= 0.6 is 0 Å². The molecule has 0 radical (unpaired) electrons. The van der Waals surface area contributed by atoms with Gasteiger partial charge < -0.3 is 4.74 Å². The van der Waals surface area contributed by atoms with Crippen LogP contribution in [0.25, 0.3) is 0 Å². The van der Waals surface area contributed by atoms with E-state index in [2.05, 4.69) is 43.0 Å². The highest BCUT2D eigenvalue weighted by molar-refractivity contribution is 5.38. The van der Waals surface area contributed by atoms with Crippen LogP contribution in [-0.4, -0.2) is 7.11 Å². The van der Waals surface area contributed by atoms with E-state index in [4.69, 9.17) is 4.74 Å². The van der Waals surface area contributed by atoms with Crippen molar-refractivity contribution < 1.29 is 4.74 Å². The summed E-state index contributed by atoms with van der Waals surface area (Å²) < 4.78 is 5.21. The van der Waals surface area contributed by atoms with Gasteiger partial charge in [0.25, 0.3) is 0 Å². The Labute approximate surface area is 177 Å². The van der Waals surface area contributed by atoms with E-state index in [1.165, 1.54) is 75.3 Å². The van der Waals surface area contributed by atoms with E-state index in [-0.39, 0.29) is 0 Å². The molecule has 0 heterocycles. The van der Waals surface area contributed by atoms with Crippen molar-refractivity contribution in [2.75, 3.05) is 7.11 Å². The first-order valence-electron chi connectivity index (χ1n) is 11.5. The van der Waals surface area contributed by atoms with Crippen LogP contribution in [0.3, 0.4) is 0 Å². The van der Waals surface area contributed by atoms with Gasteiger partial charge in [0, 0.05) is 11.5 Å². The number of unbranched alkanes of at least 4 members (excludes halogenated alkanes) is 4. The molecule has 1 aliphatic rings. The molecule has 154 valence electrons. The molecule has 2 aromatic rings. The molecule has 0 atom stereocenters. The maximum absolute atomic E-state index is 5.21. The number of ether oxygens (including phenoxy) is 1. The highest BCUT2D eigenvalue weighted by atomic mass is 16.5. The smallest absolute Gasteiger partial charge is 0.118 e. The Morgan fingerprint density at radius 1 is 0.828 bits per heavy atom. The van der Waals surface area contributed by atoms with Crippen molar-refractivity contribution in [2.24, 2.45) is 5.92 Å². The number of aryl methyl sites for hydroxylation is 1. The summed E-state index contributed by atoms with van der Waals surface area (Å²) in [7, 11) is 1.70. The fraction of sp³-hybridized carbons (Fsp3) is 0.500. The molecule has 0 unspecified atom stereocenters. The Kier molecular flexibility index (Phi) is 8.69. The molecule has 0 amide bonds. The molecule has 0 bridgehead atoms. The first-order chi connectivity index (χ1) is 14.3. The van der Waals surface area contributed by atoms with E-state index in [0.717, 1.165) is 11.3 Å². The monoisotopic (exact) mass is 388 g/mol. The van der Waals surface area contributed by atoms with Gasteiger partial charge in [-0.05, 0) is 79.8 Å². The molecule has 0 aliphatic heterocycles. The Hall–Kier alpha value is -2.20. The molecule has 1 saturated carbocycles. The number of hydrogen-bond acceptors (Lipinski definition) is 1. The quantitative estimate of drug-likeness (QED) is 0.335. The van der Waals surface area contributed by atoms with Crippen LogP contribution in [0.1, 0.15) is 87.3 Å². The summed E-state index contributed by atoms with van der Waals surface area (Å²) in [6.07, 6.45) is 13.0. The zero-order valence-electron chi connectivity index (χ0n) is 18.3. The molecule has 1 heteroatoms. The minimum atomic E-state index is 0.538. The molecule has 1 nitrogen and oxygen atoms in total. The van der Waals surface area contributed by atoms with E-state index in [1.54, 1.807) is 7.11 Å². The molecule has 3 rings (SSSR count). The molecule has 0 spiro atoms. The standard InChI is InChI=1S/C28H36O/c1-3-4-5-6-7-8-23-11-17-26(18-12-23)27-19-13-24(14-20-27)9-10-25-15-21-28(29-2)22-16-25/h11-12,15-18,21-22,24,27H,3-8,13-14,19-20H2,1-2H3/t24-,27-. The van der Waals surface area contributed by atoms with Crippen LogP contribution in [0.2, 0.25) is 0 Å². The van der Waals surface area contributed by atoms with Crippen molar-refractivity contribution in [1.82, 2.24) is 0 Å². The summed E-state index contributed by atoms with van der Waals surface area (Å²) in [4.78, 5) is 0. The fourth-order valence-electron chi connectivity index (χ4n) is 4.32. The maximum Gasteiger partial charge on any atom is 0.118 e. The highest BCUT2D eigenvalue weighted by Crippen LogP contribution is 2.35. The van der Waals surface area contributed by atoms with Gasteiger partial charge in [0.1, 0.15) is 5.75 Å². The molecule has 29 heavy (non-hydrogen) atoms. The van der Waals surface area contributed by atoms with E-state index in [1.807, 2.05) is 24.3 Å². The summed E-state index contributed by atoms with van der Waals surface area (Å²) in [6.45, 7) is 2.28. The van der Waals surface area contributed by atoms with Crippen molar-refractivity contribution in [1.29, 1.82) is 0 Å². The summed E-state index contributed by atoms with van der Waals surface area (Å²) in [5.41, 5.74) is 4.11. The lowest BCUT2D eigenvalue weighted by Gasteiger charge is -2.26. The van der Waals surface area contributed by atoms with E-state index >= 15 is 0 Å². The van der Waals surface area contributed by atoms with Gasteiger partial charge in [-0.2, -0.15) is 0 Å². The first kappa shape index (κ1) is 21.5. The third-order valence-electron chi connectivity index (χ3n) is 6.26. The lowest BCUT2D eigenvalue weighted by atomic mass is 9.78. The second kappa shape index (κ2) is 11.7. The van der Waals surface area contributed by atoms with E-state index in [0.29, 0.717) is 11.8 Å². The number of rotatable bonds is 8. The molecule has 2 aromatic carbocycles. The van der Waals surface area contributed by atoms with Gasteiger partial charge in [0.2, 0.25) is 0 Å². The Morgan fingerprint density at radius 2 is 1.52 bits per heavy atom. The van der Waals surface area contributed by atoms with Crippen molar-refractivity contribution in [3.63, 3.8) is 0 Å². The molecule has 0 aromatic heterocycles. The van der Waals surface area contributed by atoms with Gasteiger partial charge in [-0.15, -0.1) is 0 Å². The number of benzene rings is 2. The fourth-order valence-corrected chi connectivity index (χ4v) is 4.32. The Morgan fingerprint density at radius 3 is 2.17 bits per heavy atom. The molecule has 1 aliphatic carbocycles. The molecule has 1 fully saturated rings. The average molecular weight is 389 g/mol. The zero-order valence-corrected chi connectivity index (χ0v) is 18.3. The summed E-state index contributed by atoms with van der Waals surface area (Å²) in [5.74, 6) is 9.00. The van der Waals surface area contributed by atoms with Gasteiger partial charge in [-0.1, -0.05) is 68.7 Å². The van der Waals surface area contributed by atoms with Gasteiger partial charge in [0.15, 0.2) is 0 Å². The van der Waals surface area contributed by atoms with Crippen molar-refractivity contribution in [3.8, 4) is 17.6 Å². The third kappa shape index (κ3) is 6.97. The van der Waals surface area contributed by atoms with Gasteiger partial charge in [-0.25, -0.2) is 0 Å². The van der Waals surface area contributed by atoms with Gasteiger partial charge in [0.05, 0.1) is 7.11 Å². The van der Waals surface area contributed by atoms with Crippen molar-refractivity contribution >= 4 is 0 Å². The topological polar surface area (TPSA) is 9.23 Å². The number of hydrogen-bond donors (Lipinski definition) is 0. The lowest BCUT2D eigenvalue weighted by molar-refractivity contribution is 0.384. The van der Waals surface area contributed by atoms with Crippen molar-refractivity contribution in [3.05, 3.63) is 65.2 Å². The van der Waals surface area contributed by atoms with Crippen LogP contribution in [0, 0.1) is 17.8 Å². The second-order valence-corrected chi connectivity index (χ2v) is 8.45. The Bertz CT molecular complexity index is 768. The molecule has 0 saturated heterocycles. The molecule has 0 N–H and O–H groups in total. The van der Waals surface area contributed by atoms with Gasteiger partial charge >= 0.3 is 0 Å². The molecular formula is C28H36O. The number of methoxy groups -OCH3 is 1. The zero-order chi connectivity index (χ0) is 20.3. The van der Waals surface area contributed by atoms with Crippen LogP contribution in [-0.2, 0) is 6.42 Å². The predicted molar refractivity (Wildman–Crippen MR) is 123 cm³/mol. The minimum Gasteiger partial charge on any atom is -0.497 e. The third-order valence-corrected chi connectivity index (χ3v) is 6.26. The van der Waals surface area contributed by atoms with Crippen LogP contribution in [0.4, 0.5) is 0 Å². The van der Waals surface area contributed by atoms with E-state index in [9.17, 15) is 0 Å². The predicted octanol–water partition coefficient (Wildman–Crippen LogP) is 7.53. The minimum absolute atomic E-state index is 0.538. The lowest BCUT2D eigenvalue weighted by Crippen LogP contribution is -2.12. The summed E-state index contributed by atoms with van der Waals surface area (Å²) >= 11 is 0. The summed E-state index contributed by atoms with van der Waals surface area (Å²) in [5, 5.41) is 0. The van der Waals surface area contributed by atoms with Crippen LogP contribution < -0.4 is 4.74 Å². The largest absolute Gasteiger partial charge is 0.497 e. The van der Waals surface area contributed by atoms with Crippen molar-refractivity contribution in [2.45, 2.75) is 77.0 Å². The SMILES string of the molecule is CCCCCCCc1ccc([C@H]2CC[C@H](C#Cc3ccc(OC)cc3)CC2)cc1. The van der Waals surface area contributed by atoms with E-state index < -0.39 is 0 Å². The Balaban J connectivity index is 1.43. The highest BCUT2D eigenvalue weighted by Gasteiger charge is 2.21. The first-order valence-corrected chi connectivity index (χ1v) is 11.5. The van der Waals surface area contributed by atoms with Crippen LogP contribution in [0.15, 0.2) is 48.5 Å². The molecular weight excluding hydrogens is 352 g/mol. The second-order valence-electron chi connectivity index (χ2n) is 8.45. The van der Waals surface area contributed by atoms with Gasteiger partial charge in [-0.3, -0.25) is 0 Å².